The number of phenolic OH excluding ortho intramolecular Hbond substituents is 2. The Balaban J connectivity index is 1.17. The highest BCUT2D eigenvalue weighted by Crippen LogP contribution is 2.25. The van der Waals surface area contributed by atoms with Crippen molar-refractivity contribution in [2.45, 2.75) is 77.3 Å². The highest BCUT2D eigenvalue weighted by molar-refractivity contribution is 5.98. The quantitative estimate of drug-likeness (QED) is 0.179. The molecule has 0 unspecified atom stereocenters. The van der Waals surface area contributed by atoms with Gasteiger partial charge in [-0.3, -0.25) is 4.79 Å². The number of aryl methyl sites for hydroxylation is 1. The lowest BCUT2D eigenvalue weighted by Gasteiger charge is -2.16. The number of carbonyl (C=O) groups excluding carboxylic acids is 1. The van der Waals surface area contributed by atoms with E-state index in [1.807, 2.05) is 24.4 Å². The zero-order valence-corrected chi connectivity index (χ0v) is 20.6. The molecule has 0 radical (unpaired) electrons. The van der Waals surface area contributed by atoms with Crippen LogP contribution < -0.4 is 0 Å². The van der Waals surface area contributed by atoms with E-state index in [4.69, 9.17) is 0 Å². The van der Waals surface area contributed by atoms with Crippen LogP contribution in [0.4, 0.5) is 0 Å². The first-order valence-electron chi connectivity index (χ1n) is 12.8. The van der Waals surface area contributed by atoms with Crippen molar-refractivity contribution in [2.75, 3.05) is 13.6 Å². The fourth-order valence-corrected chi connectivity index (χ4v) is 4.72. The van der Waals surface area contributed by atoms with E-state index in [0.29, 0.717) is 11.3 Å². The van der Waals surface area contributed by atoms with Crippen LogP contribution in [0, 0.1) is 0 Å². The van der Waals surface area contributed by atoms with Gasteiger partial charge in [-0.05, 0) is 62.3 Å². The van der Waals surface area contributed by atoms with Gasteiger partial charge in [-0.2, -0.15) is 0 Å². The predicted octanol–water partition coefficient (Wildman–Crippen LogP) is 6.90. The van der Waals surface area contributed by atoms with Crippen molar-refractivity contribution in [3.8, 4) is 11.5 Å². The van der Waals surface area contributed by atoms with Gasteiger partial charge in [0.05, 0.1) is 0 Å². The second-order valence-corrected chi connectivity index (χ2v) is 9.54. The molecule has 5 heteroatoms. The molecule has 3 rings (SSSR count). The van der Waals surface area contributed by atoms with Crippen molar-refractivity contribution in [2.24, 2.45) is 0 Å². The summed E-state index contributed by atoms with van der Waals surface area (Å²) < 4.78 is 2.14. The lowest BCUT2D eigenvalue weighted by atomic mass is 10.1. The number of aromatic nitrogens is 1. The molecule has 0 aliphatic heterocycles. The van der Waals surface area contributed by atoms with Crippen LogP contribution in [0.2, 0.25) is 0 Å². The molecule has 0 saturated heterocycles. The number of rotatable bonds is 16. The maximum Gasteiger partial charge on any atom is 0.152 e. The third kappa shape index (κ3) is 8.21. The lowest BCUT2D eigenvalue weighted by molar-refractivity contribution is 0.112. The molecule has 34 heavy (non-hydrogen) atoms. The van der Waals surface area contributed by atoms with Crippen molar-refractivity contribution < 1.29 is 15.0 Å². The third-order valence-corrected chi connectivity index (χ3v) is 6.57. The van der Waals surface area contributed by atoms with E-state index in [1.54, 1.807) is 18.2 Å². The first-order chi connectivity index (χ1) is 16.6. The summed E-state index contributed by atoms with van der Waals surface area (Å²) in [5.74, 6) is 0.543. The summed E-state index contributed by atoms with van der Waals surface area (Å²) in [6.45, 7) is 2.90. The Labute approximate surface area is 204 Å². The summed E-state index contributed by atoms with van der Waals surface area (Å²) in [5.41, 5.74) is 2.83. The molecule has 0 fully saturated rings. The average Bonchev–Trinajstić information content (AvgIpc) is 3.16. The summed E-state index contributed by atoms with van der Waals surface area (Å²) in [6, 6.07) is 12.8. The molecule has 0 spiro atoms. The molecule has 2 N–H and O–H groups in total. The first-order valence-corrected chi connectivity index (χ1v) is 12.8. The summed E-state index contributed by atoms with van der Waals surface area (Å²) in [6.07, 6.45) is 15.5. The van der Waals surface area contributed by atoms with E-state index < -0.39 is 0 Å². The van der Waals surface area contributed by atoms with E-state index in [9.17, 15) is 15.0 Å². The Morgan fingerprint density at radius 1 is 0.824 bits per heavy atom. The van der Waals surface area contributed by atoms with E-state index >= 15 is 0 Å². The van der Waals surface area contributed by atoms with Gasteiger partial charge < -0.3 is 19.7 Å². The van der Waals surface area contributed by atoms with Gasteiger partial charge in [0.2, 0.25) is 0 Å². The smallest absolute Gasteiger partial charge is 0.152 e. The Hall–Kier alpha value is -2.79. The lowest BCUT2D eigenvalue weighted by Crippen LogP contribution is -2.18. The van der Waals surface area contributed by atoms with Crippen molar-refractivity contribution in [1.82, 2.24) is 9.47 Å². The van der Waals surface area contributed by atoms with Crippen molar-refractivity contribution >= 4 is 17.2 Å². The number of benzene rings is 2. The van der Waals surface area contributed by atoms with Crippen molar-refractivity contribution in [3.63, 3.8) is 0 Å². The molecular formula is C29H40N2O3. The number of aromatic hydroxyl groups is 2. The topological polar surface area (TPSA) is 65.7 Å². The third-order valence-electron chi connectivity index (χ3n) is 6.57. The summed E-state index contributed by atoms with van der Waals surface area (Å²) in [5, 5.41) is 20.1. The molecule has 3 aromatic rings. The molecular weight excluding hydrogens is 424 g/mol. The van der Waals surface area contributed by atoms with Crippen LogP contribution >= 0.6 is 0 Å². The standard InChI is InChI=1S/C29H40N2O3/c1-30(21-24-13-12-14-26(33)19-24)17-10-8-6-4-2-3-5-7-9-11-18-31-22-25(23-32)28-20-27(34)15-16-29(28)31/h12-16,19-20,22-23,33-34H,2-11,17-18,21H2,1H3. The zero-order chi connectivity index (χ0) is 24.2. The molecule has 1 aromatic heterocycles. The van der Waals surface area contributed by atoms with E-state index in [0.717, 1.165) is 48.8 Å². The van der Waals surface area contributed by atoms with Crippen LogP contribution in [-0.2, 0) is 13.1 Å². The Morgan fingerprint density at radius 2 is 1.47 bits per heavy atom. The van der Waals surface area contributed by atoms with Gasteiger partial charge in [0.25, 0.3) is 0 Å². The summed E-state index contributed by atoms with van der Waals surface area (Å²) in [7, 11) is 2.15. The minimum Gasteiger partial charge on any atom is -0.508 e. The molecule has 0 aliphatic rings. The van der Waals surface area contributed by atoms with Crippen LogP contribution in [0.25, 0.3) is 10.9 Å². The monoisotopic (exact) mass is 464 g/mol. The second kappa shape index (κ2) is 13.8. The molecule has 0 bridgehead atoms. The molecule has 1 heterocycles. The minimum absolute atomic E-state index is 0.200. The predicted molar refractivity (Wildman–Crippen MR) is 140 cm³/mol. The number of hydrogen-bond acceptors (Lipinski definition) is 4. The maximum atomic E-state index is 11.3. The van der Waals surface area contributed by atoms with Gasteiger partial charge in [-0.15, -0.1) is 0 Å². The molecule has 184 valence electrons. The molecule has 2 aromatic carbocycles. The summed E-state index contributed by atoms with van der Waals surface area (Å²) >= 11 is 0. The van der Waals surface area contributed by atoms with Gasteiger partial charge >= 0.3 is 0 Å². The molecule has 0 aliphatic carbocycles. The van der Waals surface area contributed by atoms with Crippen molar-refractivity contribution in [1.29, 1.82) is 0 Å². The maximum absolute atomic E-state index is 11.3. The highest BCUT2D eigenvalue weighted by Gasteiger charge is 2.08. The largest absolute Gasteiger partial charge is 0.508 e. The van der Waals surface area contributed by atoms with Gasteiger partial charge in [0.1, 0.15) is 11.5 Å². The van der Waals surface area contributed by atoms with Crippen LogP contribution in [0.3, 0.4) is 0 Å². The van der Waals surface area contributed by atoms with Crippen LogP contribution in [0.5, 0.6) is 11.5 Å². The fraction of sp³-hybridized carbons (Fsp3) is 0.483. The number of fused-ring (bicyclic) bond motifs is 1. The zero-order valence-electron chi connectivity index (χ0n) is 20.6. The molecule has 0 saturated carbocycles. The van der Waals surface area contributed by atoms with Crippen LogP contribution in [0.1, 0.15) is 80.1 Å². The van der Waals surface area contributed by atoms with E-state index in [-0.39, 0.29) is 5.75 Å². The summed E-state index contributed by atoms with van der Waals surface area (Å²) in [4.78, 5) is 13.6. The molecule has 0 amide bonds. The first kappa shape index (κ1) is 25.8. The number of aldehydes is 1. The number of carbonyl (C=O) groups is 1. The Kier molecular flexibility index (Phi) is 10.5. The molecule has 0 atom stereocenters. The highest BCUT2D eigenvalue weighted by atomic mass is 16.3. The average molecular weight is 465 g/mol. The van der Waals surface area contributed by atoms with Gasteiger partial charge in [0.15, 0.2) is 6.29 Å². The van der Waals surface area contributed by atoms with E-state index in [1.165, 1.54) is 57.8 Å². The van der Waals surface area contributed by atoms with Gasteiger partial charge in [-0.25, -0.2) is 0 Å². The second-order valence-electron chi connectivity index (χ2n) is 9.54. The van der Waals surface area contributed by atoms with Crippen LogP contribution in [-0.4, -0.2) is 39.6 Å². The minimum atomic E-state index is 0.200. The van der Waals surface area contributed by atoms with Gasteiger partial charge in [-0.1, -0.05) is 63.5 Å². The van der Waals surface area contributed by atoms with E-state index in [2.05, 4.69) is 22.6 Å². The van der Waals surface area contributed by atoms with Crippen LogP contribution in [0.15, 0.2) is 48.7 Å². The number of unbranched alkanes of at least 4 members (excludes halogenated alkanes) is 9. The fourth-order valence-electron chi connectivity index (χ4n) is 4.72. The SMILES string of the molecule is CN(CCCCCCCCCCCCn1cc(C=O)c2cc(O)ccc21)Cc1cccc(O)c1. The van der Waals surface area contributed by atoms with Crippen molar-refractivity contribution in [3.05, 3.63) is 59.8 Å². The Bertz CT molecular complexity index is 1030. The normalized spacial score (nSPS) is 11.5. The number of nitrogens with zero attached hydrogens (tertiary/aromatic N) is 2. The number of phenols is 2. The van der Waals surface area contributed by atoms with Gasteiger partial charge in [0, 0.05) is 35.8 Å². The Morgan fingerprint density at radius 3 is 2.15 bits per heavy atom. The number of hydrogen-bond donors (Lipinski definition) is 2. The molecule has 5 nitrogen and oxygen atoms in total.